The standard InChI is InChI=1S/C47H88O10/c1-3-5-7-9-11-13-15-17-19-20-22-24-26-28-30-32-34-36-43(50)56-40(39-55-47-46(53)45(52)44(51)41(37-48)57-47)38-54-42(49)35-33-31-29-27-25-23-21-18-16-14-12-10-8-6-4-2/h13,15,40-41,44-48,51-53H,3-12,14,16-39H2,1-2H3/b15-13+/t40-,41-,44+,45?,46?,47-/m1/s1. The number of ether oxygens (including phenoxy) is 4. The summed E-state index contributed by atoms with van der Waals surface area (Å²) in [5.41, 5.74) is 0. The number of esters is 2. The van der Waals surface area contributed by atoms with Crippen molar-refractivity contribution < 1.29 is 49.0 Å². The van der Waals surface area contributed by atoms with Gasteiger partial charge in [-0.1, -0.05) is 180 Å². The van der Waals surface area contributed by atoms with Gasteiger partial charge in [0.2, 0.25) is 0 Å². The molecule has 0 amide bonds. The van der Waals surface area contributed by atoms with Crippen LogP contribution in [0.5, 0.6) is 0 Å². The highest BCUT2D eigenvalue weighted by Gasteiger charge is 2.44. The molecular weight excluding hydrogens is 725 g/mol. The van der Waals surface area contributed by atoms with Gasteiger partial charge in [-0.2, -0.15) is 0 Å². The van der Waals surface area contributed by atoms with Crippen molar-refractivity contribution in [3.63, 3.8) is 0 Å². The molecule has 6 atom stereocenters. The Hall–Kier alpha value is -1.56. The van der Waals surface area contributed by atoms with Crippen LogP contribution in [0.3, 0.4) is 0 Å². The molecule has 0 spiro atoms. The monoisotopic (exact) mass is 813 g/mol. The van der Waals surface area contributed by atoms with Crippen LogP contribution in [0.2, 0.25) is 0 Å². The molecule has 1 saturated heterocycles. The van der Waals surface area contributed by atoms with Crippen LogP contribution < -0.4 is 0 Å². The number of carbonyl (C=O) groups is 2. The van der Waals surface area contributed by atoms with Gasteiger partial charge in [-0.3, -0.25) is 9.59 Å². The molecule has 10 nitrogen and oxygen atoms in total. The van der Waals surface area contributed by atoms with Crippen molar-refractivity contribution in [3.05, 3.63) is 12.2 Å². The topological polar surface area (TPSA) is 152 Å². The Morgan fingerprint density at radius 2 is 0.930 bits per heavy atom. The zero-order valence-electron chi connectivity index (χ0n) is 36.6. The fourth-order valence-electron chi connectivity index (χ4n) is 7.36. The summed E-state index contributed by atoms with van der Waals surface area (Å²) in [6, 6.07) is 0. The first-order chi connectivity index (χ1) is 27.8. The number of hydrogen-bond donors (Lipinski definition) is 4. The fraction of sp³-hybridized carbons (Fsp3) is 0.915. The Morgan fingerprint density at radius 3 is 1.39 bits per heavy atom. The third-order valence-electron chi connectivity index (χ3n) is 11.2. The summed E-state index contributed by atoms with van der Waals surface area (Å²) < 4.78 is 22.2. The highest BCUT2D eigenvalue weighted by atomic mass is 16.7. The third kappa shape index (κ3) is 30.2. The number of carbonyl (C=O) groups excluding carboxylic acids is 2. The summed E-state index contributed by atoms with van der Waals surface area (Å²) in [7, 11) is 0. The van der Waals surface area contributed by atoms with E-state index in [1.165, 1.54) is 148 Å². The predicted octanol–water partition coefficient (Wildman–Crippen LogP) is 10.3. The second-order valence-electron chi connectivity index (χ2n) is 16.6. The summed E-state index contributed by atoms with van der Waals surface area (Å²) >= 11 is 0. The second kappa shape index (κ2) is 38.6. The van der Waals surface area contributed by atoms with Crippen LogP contribution in [0, 0.1) is 0 Å². The zero-order chi connectivity index (χ0) is 41.6. The Kier molecular flexibility index (Phi) is 36.2. The quantitative estimate of drug-likeness (QED) is 0.0267. The Labute approximate surface area is 348 Å². The predicted molar refractivity (Wildman–Crippen MR) is 229 cm³/mol. The lowest BCUT2D eigenvalue weighted by molar-refractivity contribution is -0.305. The molecule has 0 aromatic rings. The van der Waals surface area contributed by atoms with Crippen LogP contribution in [0.15, 0.2) is 12.2 Å². The van der Waals surface area contributed by atoms with Gasteiger partial charge in [0.1, 0.15) is 31.0 Å². The minimum Gasteiger partial charge on any atom is -0.462 e. The molecule has 1 aliphatic heterocycles. The van der Waals surface area contributed by atoms with Gasteiger partial charge in [-0.05, 0) is 38.5 Å². The molecule has 1 fully saturated rings. The van der Waals surface area contributed by atoms with Crippen LogP contribution in [-0.4, -0.2) is 89.0 Å². The summed E-state index contributed by atoms with van der Waals surface area (Å²) in [6.07, 6.45) is 33.5. The Bertz CT molecular complexity index is 943. The zero-order valence-corrected chi connectivity index (χ0v) is 36.6. The molecule has 1 rings (SSSR count). The van der Waals surface area contributed by atoms with Crippen LogP contribution in [-0.2, 0) is 28.5 Å². The molecule has 0 aromatic heterocycles. The summed E-state index contributed by atoms with van der Waals surface area (Å²) in [5.74, 6) is -0.797. The van der Waals surface area contributed by atoms with Gasteiger partial charge >= 0.3 is 11.9 Å². The maximum atomic E-state index is 12.8. The maximum absolute atomic E-state index is 12.8. The van der Waals surface area contributed by atoms with Crippen LogP contribution in [0.4, 0.5) is 0 Å². The van der Waals surface area contributed by atoms with Crippen LogP contribution in [0.1, 0.15) is 219 Å². The lowest BCUT2D eigenvalue weighted by Gasteiger charge is -2.39. The van der Waals surface area contributed by atoms with Gasteiger partial charge in [0, 0.05) is 12.8 Å². The summed E-state index contributed by atoms with van der Waals surface area (Å²) in [4.78, 5) is 25.4. The molecule has 336 valence electrons. The van der Waals surface area contributed by atoms with Crippen molar-refractivity contribution in [2.75, 3.05) is 19.8 Å². The highest BCUT2D eigenvalue weighted by molar-refractivity contribution is 5.70. The van der Waals surface area contributed by atoms with Crippen LogP contribution >= 0.6 is 0 Å². The molecule has 1 heterocycles. The van der Waals surface area contributed by atoms with E-state index in [0.717, 1.165) is 38.5 Å². The number of aliphatic hydroxyl groups is 4. The number of allylic oxidation sites excluding steroid dienone is 2. The van der Waals surface area contributed by atoms with Gasteiger partial charge in [0.25, 0.3) is 0 Å². The molecule has 10 heteroatoms. The molecule has 0 aliphatic carbocycles. The van der Waals surface area contributed by atoms with E-state index in [-0.39, 0.29) is 32.0 Å². The fourth-order valence-corrected chi connectivity index (χ4v) is 7.36. The number of hydrogen-bond acceptors (Lipinski definition) is 10. The number of unbranched alkanes of at least 4 members (excludes halogenated alkanes) is 27. The first kappa shape index (κ1) is 53.5. The smallest absolute Gasteiger partial charge is 0.306 e. The molecule has 1 aliphatic rings. The molecular formula is C47H88O10. The van der Waals surface area contributed by atoms with Crippen molar-refractivity contribution in [2.24, 2.45) is 0 Å². The Morgan fingerprint density at radius 1 is 0.526 bits per heavy atom. The second-order valence-corrected chi connectivity index (χ2v) is 16.6. The van der Waals surface area contributed by atoms with Gasteiger partial charge in [-0.25, -0.2) is 0 Å². The van der Waals surface area contributed by atoms with Gasteiger partial charge in [-0.15, -0.1) is 0 Å². The maximum Gasteiger partial charge on any atom is 0.306 e. The van der Waals surface area contributed by atoms with E-state index >= 15 is 0 Å². The average Bonchev–Trinajstić information content (AvgIpc) is 3.21. The average molecular weight is 813 g/mol. The molecule has 0 saturated carbocycles. The van der Waals surface area contributed by atoms with E-state index < -0.39 is 49.4 Å². The van der Waals surface area contributed by atoms with E-state index in [2.05, 4.69) is 26.0 Å². The normalized spacial score (nSPS) is 20.3. The minimum absolute atomic E-state index is 0.212. The van der Waals surface area contributed by atoms with Crippen LogP contribution in [0.25, 0.3) is 0 Å². The minimum atomic E-state index is -1.59. The number of rotatable bonds is 40. The van der Waals surface area contributed by atoms with E-state index in [1.807, 2.05) is 0 Å². The molecule has 57 heavy (non-hydrogen) atoms. The van der Waals surface area contributed by atoms with Crippen molar-refractivity contribution in [3.8, 4) is 0 Å². The summed E-state index contributed by atoms with van der Waals surface area (Å²) in [6.45, 7) is 3.44. The van der Waals surface area contributed by atoms with Crippen molar-refractivity contribution in [1.82, 2.24) is 0 Å². The van der Waals surface area contributed by atoms with E-state index in [0.29, 0.717) is 6.42 Å². The van der Waals surface area contributed by atoms with E-state index in [4.69, 9.17) is 18.9 Å². The first-order valence-electron chi connectivity index (χ1n) is 23.8. The van der Waals surface area contributed by atoms with Gasteiger partial charge in [0.15, 0.2) is 12.4 Å². The lowest BCUT2D eigenvalue weighted by Crippen LogP contribution is -2.59. The van der Waals surface area contributed by atoms with Gasteiger partial charge in [0.05, 0.1) is 13.2 Å². The first-order valence-corrected chi connectivity index (χ1v) is 23.8. The van der Waals surface area contributed by atoms with E-state index in [9.17, 15) is 30.0 Å². The molecule has 2 unspecified atom stereocenters. The lowest BCUT2D eigenvalue weighted by atomic mass is 9.99. The van der Waals surface area contributed by atoms with Crippen molar-refractivity contribution in [2.45, 2.75) is 256 Å². The third-order valence-corrected chi connectivity index (χ3v) is 11.2. The van der Waals surface area contributed by atoms with Gasteiger partial charge < -0.3 is 39.4 Å². The highest BCUT2D eigenvalue weighted by Crippen LogP contribution is 2.23. The molecule has 0 radical (unpaired) electrons. The van der Waals surface area contributed by atoms with E-state index in [1.54, 1.807) is 0 Å². The molecule has 4 N–H and O–H groups in total. The number of aliphatic hydroxyl groups excluding tert-OH is 4. The SMILES string of the molecule is CCCCCC/C=C/CCCCCCCCCCCC(=O)O[C@H](COC(=O)CCCCCCCCCCCCCCCCC)CO[C@@H]1O[C@H](CO)[C@H](O)C(O)C1O. The molecule has 0 aromatic carbocycles. The summed E-state index contributed by atoms with van der Waals surface area (Å²) in [5, 5.41) is 40.1. The van der Waals surface area contributed by atoms with Crippen molar-refractivity contribution in [1.29, 1.82) is 0 Å². The van der Waals surface area contributed by atoms with Crippen molar-refractivity contribution >= 4 is 11.9 Å². The molecule has 0 bridgehead atoms. The largest absolute Gasteiger partial charge is 0.462 e. The Balaban J connectivity index is 2.29.